The standard InChI is InChI=1S/C9H8N2O2/c1-3-7-10-9(11-13-7)8-6(2)4-5-12-8/h3-5H,1H2,2H3. The zero-order valence-corrected chi connectivity index (χ0v) is 7.15. The number of nitrogens with zero attached hydrogens (tertiary/aromatic N) is 2. The molecular formula is C9H8N2O2. The second kappa shape index (κ2) is 2.90. The minimum atomic E-state index is 0.394. The van der Waals surface area contributed by atoms with Crippen LogP contribution >= 0.6 is 0 Å². The summed E-state index contributed by atoms with van der Waals surface area (Å²) in [5.74, 6) is 1.49. The number of hydrogen-bond acceptors (Lipinski definition) is 4. The van der Waals surface area contributed by atoms with Gasteiger partial charge in [0.15, 0.2) is 5.76 Å². The summed E-state index contributed by atoms with van der Waals surface area (Å²) in [4.78, 5) is 4.04. The molecule has 0 saturated carbocycles. The van der Waals surface area contributed by atoms with E-state index in [1.54, 1.807) is 6.26 Å². The fourth-order valence-electron chi connectivity index (χ4n) is 1.01. The lowest BCUT2D eigenvalue weighted by Gasteiger charge is -1.86. The van der Waals surface area contributed by atoms with Crippen molar-refractivity contribution in [3.8, 4) is 11.6 Å². The molecule has 13 heavy (non-hydrogen) atoms. The Hall–Kier alpha value is -1.84. The smallest absolute Gasteiger partial charge is 0.250 e. The summed E-state index contributed by atoms with van der Waals surface area (Å²) in [5, 5.41) is 3.74. The van der Waals surface area contributed by atoms with Gasteiger partial charge in [-0.15, -0.1) is 0 Å². The van der Waals surface area contributed by atoms with Gasteiger partial charge in [0.2, 0.25) is 11.7 Å². The molecule has 0 unspecified atom stereocenters. The fourth-order valence-corrected chi connectivity index (χ4v) is 1.01. The lowest BCUT2D eigenvalue weighted by Crippen LogP contribution is -1.79. The van der Waals surface area contributed by atoms with Crippen molar-refractivity contribution in [2.45, 2.75) is 6.92 Å². The Bertz CT molecular complexity index is 428. The lowest BCUT2D eigenvalue weighted by molar-refractivity contribution is 0.409. The van der Waals surface area contributed by atoms with E-state index in [2.05, 4.69) is 16.7 Å². The maximum Gasteiger partial charge on any atom is 0.250 e. The van der Waals surface area contributed by atoms with E-state index in [4.69, 9.17) is 8.94 Å². The Morgan fingerprint density at radius 3 is 2.92 bits per heavy atom. The molecule has 0 saturated heterocycles. The molecule has 0 aliphatic rings. The molecule has 2 heterocycles. The van der Waals surface area contributed by atoms with Gasteiger partial charge in [0, 0.05) is 0 Å². The van der Waals surface area contributed by atoms with Crippen molar-refractivity contribution in [3.05, 3.63) is 30.4 Å². The van der Waals surface area contributed by atoms with E-state index >= 15 is 0 Å². The van der Waals surface area contributed by atoms with Gasteiger partial charge in [0.25, 0.3) is 0 Å². The molecular weight excluding hydrogens is 168 g/mol. The minimum Gasteiger partial charge on any atom is -0.461 e. The van der Waals surface area contributed by atoms with Gasteiger partial charge in [0.1, 0.15) is 0 Å². The van der Waals surface area contributed by atoms with Crippen LogP contribution in [0.3, 0.4) is 0 Å². The summed E-state index contributed by atoms with van der Waals surface area (Å²) < 4.78 is 10.0. The maximum absolute atomic E-state index is 5.19. The molecule has 0 amide bonds. The second-order valence-electron chi connectivity index (χ2n) is 2.59. The van der Waals surface area contributed by atoms with Crippen molar-refractivity contribution >= 4 is 6.08 Å². The SMILES string of the molecule is C=Cc1nc(-c2occc2C)no1. The summed E-state index contributed by atoms with van der Waals surface area (Å²) in [5.41, 5.74) is 0.983. The monoisotopic (exact) mass is 176 g/mol. The van der Waals surface area contributed by atoms with Crippen LogP contribution in [0.15, 0.2) is 27.8 Å². The summed E-state index contributed by atoms with van der Waals surface area (Å²) in [6, 6.07) is 1.85. The Morgan fingerprint density at radius 2 is 2.38 bits per heavy atom. The first-order chi connectivity index (χ1) is 6.31. The van der Waals surface area contributed by atoms with Crippen LogP contribution in [-0.2, 0) is 0 Å². The van der Waals surface area contributed by atoms with Crippen LogP contribution in [0, 0.1) is 6.92 Å². The van der Waals surface area contributed by atoms with E-state index in [1.165, 1.54) is 6.08 Å². The van der Waals surface area contributed by atoms with Crippen molar-refractivity contribution in [3.63, 3.8) is 0 Å². The Kier molecular flexibility index (Phi) is 1.73. The number of rotatable bonds is 2. The van der Waals surface area contributed by atoms with Gasteiger partial charge in [-0.25, -0.2) is 0 Å². The van der Waals surface area contributed by atoms with Gasteiger partial charge in [-0.1, -0.05) is 11.7 Å². The van der Waals surface area contributed by atoms with Crippen LogP contribution < -0.4 is 0 Å². The predicted molar refractivity (Wildman–Crippen MR) is 46.8 cm³/mol. The molecule has 0 aliphatic heterocycles. The summed E-state index contributed by atoms with van der Waals surface area (Å²) in [6.45, 7) is 5.44. The Balaban J connectivity index is 2.46. The highest BCUT2D eigenvalue weighted by Gasteiger charge is 2.11. The lowest BCUT2D eigenvalue weighted by atomic mass is 10.3. The van der Waals surface area contributed by atoms with Crippen LogP contribution in [0.4, 0.5) is 0 Å². The van der Waals surface area contributed by atoms with E-state index in [1.807, 2.05) is 13.0 Å². The van der Waals surface area contributed by atoms with Crippen molar-refractivity contribution in [1.29, 1.82) is 0 Å². The molecule has 0 spiro atoms. The summed E-state index contributed by atoms with van der Waals surface area (Å²) >= 11 is 0. The van der Waals surface area contributed by atoms with Crippen LogP contribution in [0.1, 0.15) is 11.5 Å². The molecule has 0 aliphatic carbocycles. The predicted octanol–water partition coefficient (Wildman–Crippen LogP) is 2.28. The third-order valence-corrected chi connectivity index (χ3v) is 1.68. The van der Waals surface area contributed by atoms with Crippen LogP contribution in [0.5, 0.6) is 0 Å². The number of aryl methyl sites for hydroxylation is 1. The number of hydrogen-bond donors (Lipinski definition) is 0. The zero-order valence-electron chi connectivity index (χ0n) is 7.15. The second-order valence-corrected chi connectivity index (χ2v) is 2.59. The van der Waals surface area contributed by atoms with Gasteiger partial charge >= 0.3 is 0 Å². The molecule has 2 rings (SSSR count). The molecule has 0 aromatic carbocycles. The highest BCUT2D eigenvalue weighted by molar-refractivity contribution is 5.52. The number of furan rings is 1. The topological polar surface area (TPSA) is 52.1 Å². The molecule has 66 valence electrons. The summed E-state index contributed by atoms with van der Waals surface area (Å²) in [7, 11) is 0. The molecule has 0 bridgehead atoms. The van der Waals surface area contributed by atoms with Crippen molar-refractivity contribution < 1.29 is 8.94 Å². The molecule has 0 atom stereocenters. The molecule has 2 aromatic heterocycles. The first-order valence-electron chi connectivity index (χ1n) is 3.82. The van der Waals surface area contributed by atoms with Crippen molar-refractivity contribution in [2.75, 3.05) is 0 Å². The van der Waals surface area contributed by atoms with Gasteiger partial charge in [-0.2, -0.15) is 4.98 Å². The van der Waals surface area contributed by atoms with Crippen LogP contribution in [0.25, 0.3) is 17.7 Å². The molecule has 0 N–H and O–H groups in total. The third-order valence-electron chi connectivity index (χ3n) is 1.68. The van der Waals surface area contributed by atoms with Gasteiger partial charge in [-0.05, 0) is 24.6 Å². The third kappa shape index (κ3) is 1.26. The van der Waals surface area contributed by atoms with Gasteiger partial charge < -0.3 is 8.94 Å². The van der Waals surface area contributed by atoms with Gasteiger partial charge in [-0.3, -0.25) is 0 Å². The largest absolute Gasteiger partial charge is 0.461 e. The highest BCUT2D eigenvalue weighted by atomic mass is 16.5. The first-order valence-corrected chi connectivity index (χ1v) is 3.82. The van der Waals surface area contributed by atoms with Gasteiger partial charge in [0.05, 0.1) is 6.26 Å². The molecule has 4 nitrogen and oxygen atoms in total. The average Bonchev–Trinajstić information content (AvgIpc) is 2.71. The fraction of sp³-hybridized carbons (Fsp3) is 0.111. The molecule has 2 aromatic rings. The summed E-state index contributed by atoms with van der Waals surface area (Å²) in [6.07, 6.45) is 3.09. The maximum atomic E-state index is 5.19. The Labute approximate surface area is 74.9 Å². The van der Waals surface area contributed by atoms with Crippen molar-refractivity contribution in [2.24, 2.45) is 0 Å². The molecule has 0 fully saturated rings. The van der Waals surface area contributed by atoms with E-state index in [-0.39, 0.29) is 0 Å². The van der Waals surface area contributed by atoms with E-state index in [0.717, 1.165) is 5.56 Å². The van der Waals surface area contributed by atoms with Crippen LogP contribution in [-0.4, -0.2) is 10.1 Å². The minimum absolute atomic E-state index is 0.394. The number of aromatic nitrogens is 2. The molecule has 4 heteroatoms. The van der Waals surface area contributed by atoms with E-state index in [0.29, 0.717) is 17.5 Å². The molecule has 0 radical (unpaired) electrons. The van der Waals surface area contributed by atoms with Crippen molar-refractivity contribution in [1.82, 2.24) is 10.1 Å². The van der Waals surface area contributed by atoms with E-state index < -0.39 is 0 Å². The van der Waals surface area contributed by atoms with E-state index in [9.17, 15) is 0 Å². The highest BCUT2D eigenvalue weighted by Crippen LogP contribution is 2.20. The van der Waals surface area contributed by atoms with Crippen LogP contribution in [0.2, 0.25) is 0 Å². The normalized spacial score (nSPS) is 10.2. The first kappa shape index (κ1) is 7.79. The quantitative estimate of drug-likeness (QED) is 0.704. The Morgan fingerprint density at radius 1 is 1.54 bits per heavy atom. The average molecular weight is 176 g/mol. The zero-order chi connectivity index (χ0) is 9.26.